The number of hydrogen-bond acceptors (Lipinski definition) is 3. The third-order valence-corrected chi connectivity index (χ3v) is 4.21. The monoisotopic (exact) mass is 231 g/mol. The Bertz CT molecular complexity index is 498. The standard InChI is InChI=1S/C13H13NOS/c15-10-6-5-9(7-10)8-13-14-11-3-1-2-4-12(11)16-13/h1-4,9H,5-8H2. The molecule has 0 aliphatic heterocycles. The molecule has 0 amide bonds. The first kappa shape index (κ1) is 9.97. The molecular formula is C13H13NOS. The van der Waals surface area contributed by atoms with E-state index < -0.39 is 0 Å². The Hall–Kier alpha value is -1.22. The smallest absolute Gasteiger partial charge is 0.133 e. The average Bonchev–Trinajstić information content (AvgIpc) is 2.84. The second-order valence-corrected chi connectivity index (χ2v) is 5.54. The molecule has 1 heterocycles. The Morgan fingerprint density at radius 1 is 1.38 bits per heavy atom. The minimum absolute atomic E-state index is 0.422. The first-order valence-electron chi connectivity index (χ1n) is 5.67. The van der Waals surface area contributed by atoms with Crippen molar-refractivity contribution >= 4 is 27.3 Å². The Kier molecular flexibility index (Phi) is 2.48. The maximum atomic E-state index is 11.2. The molecule has 1 aliphatic rings. The molecule has 0 bridgehead atoms. The topological polar surface area (TPSA) is 30.0 Å². The van der Waals surface area contributed by atoms with Gasteiger partial charge in [-0.25, -0.2) is 4.98 Å². The highest BCUT2D eigenvalue weighted by atomic mass is 32.1. The number of benzene rings is 1. The van der Waals surface area contributed by atoms with Crippen molar-refractivity contribution in [1.29, 1.82) is 0 Å². The molecule has 3 heteroatoms. The summed E-state index contributed by atoms with van der Waals surface area (Å²) in [5, 5.41) is 1.18. The molecule has 1 aliphatic carbocycles. The summed E-state index contributed by atoms with van der Waals surface area (Å²) < 4.78 is 1.25. The van der Waals surface area contributed by atoms with Gasteiger partial charge in [-0.2, -0.15) is 0 Å². The molecule has 3 rings (SSSR count). The normalized spacial score (nSPS) is 20.8. The summed E-state index contributed by atoms with van der Waals surface area (Å²) in [7, 11) is 0. The van der Waals surface area contributed by atoms with Gasteiger partial charge >= 0.3 is 0 Å². The van der Waals surface area contributed by atoms with Crippen LogP contribution in [0.25, 0.3) is 10.2 Å². The Morgan fingerprint density at radius 2 is 2.25 bits per heavy atom. The zero-order valence-electron chi connectivity index (χ0n) is 8.98. The van der Waals surface area contributed by atoms with Crippen molar-refractivity contribution in [2.45, 2.75) is 25.7 Å². The second kappa shape index (κ2) is 3.98. The maximum Gasteiger partial charge on any atom is 0.133 e. The third-order valence-electron chi connectivity index (χ3n) is 3.15. The lowest BCUT2D eigenvalue weighted by Gasteiger charge is -2.03. The SMILES string of the molecule is O=C1CCC(Cc2nc3ccccc3s2)C1. The maximum absolute atomic E-state index is 11.2. The second-order valence-electron chi connectivity index (χ2n) is 4.43. The van der Waals surface area contributed by atoms with Gasteiger partial charge in [0.15, 0.2) is 0 Å². The van der Waals surface area contributed by atoms with Crippen LogP contribution in [0.5, 0.6) is 0 Å². The molecule has 0 spiro atoms. The molecular weight excluding hydrogens is 218 g/mol. The lowest BCUT2D eigenvalue weighted by molar-refractivity contribution is -0.117. The highest BCUT2D eigenvalue weighted by Gasteiger charge is 2.23. The van der Waals surface area contributed by atoms with Gasteiger partial charge in [-0.05, 0) is 24.5 Å². The molecule has 2 nitrogen and oxygen atoms in total. The highest BCUT2D eigenvalue weighted by molar-refractivity contribution is 7.18. The number of nitrogens with zero attached hydrogens (tertiary/aromatic N) is 1. The van der Waals surface area contributed by atoms with Gasteiger partial charge in [0, 0.05) is 19.3 Å². The van der Waals surface area contributed by atoms with Crippen LogP contribution < -0.4 is 0 Å². The number of rotatable bonds is 2. The van der Waals surface area contributed by atoms with Gasteiger partial charge in [-0.3, -0.25) is 4.79 Å². The van der Waals surface area contributed by atoms with E-state index in [0.29, 0.717) is 11.7 Å². The van der Waals surface area contributed by atoms with Crippen LogP contribution >= 0.6 is 11.3 Å². The molecule has 1 fully saturated rings. The van der Waals surface area contributed by atoms with Crippen molar-refractivity contribution in [2.24, 2.45) is 5.92 Å². The van der Waals surface area contributed by atoms with Crippen LogP contribution in [-0.2, 0) is 11.2 Å². The predicted octanol–water partition coefficient (Wildman–Crippen LogP) is 3.21. The first-order valence-corrected chi connectivity index (χ1v) is 6.49. The molecule has 16 heavy (non-hydrogen) atoms. The Balaban J connectivity index is 1.81. The molecule has 1 saturated carbocycles. The van der Waals surface area contributed by atoms with E-state index in [1.54, 1.807) is 11.3 Å². The number of carbonyl (C=O) groups is 1. The fourth-order valence-electron chi connectivity index (χ4n) is 2.32. The van der Waals surface area contributed by atoms with E-state index in [4.69, 9.17) is 0 Å². The van der Waals surface area contributed by atoms with Crippen LogP contribution in [-0.4, -0.2) is 10.8 Å². The zero-order chi connectivity index (χ0) is 11.0. The van der Waals surface area contributed by atoms with Crippen molar-refractivity contribution in [2.75, 3.05) is 0 Å². The van der Waals surface area contributed by atoms with Crippen LogP contribution in [0.1, 0.15) is 24.3 Å². The number of Topliss-reactive ketones (excluding diaryl/α,β-unsaturated/α-hetero) is 1. The third kappa shape index (κ3) is 1.87. The fraction of sp³-hybridized carbons (Fsp3) is 0.385. The van der Waals surface area contributed by atoms with Gasteiger partial charge in [-0.1, -0.05) is 12.1 Å². The predicted molar refractivity (Wildman–Crippen MR) is 65.7 cm³/mol. The number of thiazole rings is 1. The molecule has 1 aromatic heterocycles. The summed E-state index contributed by atoms with van der Waals surface area (Å²) in [6.07, 6.45) is 3.56. The lowest BCUT2D eigenvalue weighted by Crippen LogP contribution is -1.99. The van der Waals surface area contributed by atoms with E-state index in [-0.39, 0.29) is 0 Å². The zero-order valence-corrected chi connectivity index (χ0v) is 9.80. The van der Waals surface area contributed by atoms with Gasteiger partial charge in [0.1, 0.15) is 5.78 Å². The van der Waals surface area contributed by atoms with Crippen LogP contribution in [0.3, 0.4) is 0 Å². The number of para-hydroxylation sites is 1. The number of aromatic nitrogens is 1. The van der Waals surface area contributed by atoms with Crippen LogP contribution in [0.15, 0.2) is 24.3 Å². The van der Waals surface area contributed by atoms with Crippen molar-refractivity contribution in [3.8, 4) is 0 Å². The minimum Gasteiger partial charge on any atom is -0.300 e. The van der Waals surface area contributed by atoms with Gasteiger partial charge in [-0.15, -0.1) is 11.3 Å². The first-order chi connectivity index (χ1) is 7.81. The van der Waals surface area contributed by atoms with Gasteiger partial charge in [0.05, 0.1) is 15.2 Å². The average molecular weight is 231 g/mol. The summed E-state index contributed by atoms with van der Waals surface area (Å²) in [6, 6.07) is 8.22. The van der Waals surface area contributed by atoms with Gasteiger partial charge in [0.2, 0.25) is 0 Å². The molecule has 2 aromatic rings. The molecule has 0 N–H and O–H groups in total. The van der Waals surface area contributed by atoms with E-state index >= 15 is 0 Å². The van der Waals surface area contributed by atoms with Crippen molar-refractivity contribution in [3.05, 3.63) is 29.3 Å². The van der Waals surface area contributed by atoms with E-state index in [9.17, 15) is 4.79 Å². The lowest BCUT2D eigenvalue weighted by atomic mass is 10.1. The number of ketones is 1. The fourth-order valence-corrected chi connectivity index (χ4v) is 3.40. The van der Waals surface area contributed by atoms with Crippen molar-refractivity contribution in [3.63, 3.8) is 0 Å². The summed E-state index contributed by atoms with van der Waals surface area (Å²) in [5.74, 6) is 0.958. The number of fused-ring (bicyclic) bond motifs is 1. The molecule has 1 unspecified atom stereocenters. The Labute approximate surface area is 98.3 Å². The molecule has 82 valence electrons. The van der Waals surface area contributed by atoms with Gasteiger partial charge < -0.3 is 0 Å². The van der Waals surface area contributed by atoms with Crippen LogP contribution in [0.2, 0.25) is 0 Å². The summed E-state index contributed by atoms with van der Waals surface area (Å²) in [6.45, 7) is 0. The molecule has 0 saturated heterocycles. The summed E-state index contributed by atoms with van der Waals surface area (Å²) >= 11 is 1.76. The summed E-state index contributed by atoms with van der Waals surface area (Å²) in [5.41, 5.74) is 1.09. The van der Waals surface area contributed by atoms with E-state index in [0.717, 1.165) is 31.2 Å². The number of hydrogen-bond donors (Lipinski definition) is 0. The minimum atomic E-state index is 0.422. The van der Waals surface area contributed by atoms with Crippen LogP contribution in [0, 0.1) is 5.92 Å². The largest absolute Gasteiger partial charge is 0.300 e. The molecule has 1 atom stereocenters. The quantitative estimate of drug-likeness (QED) is 0.794. The molecule has 0 radical (unpaired) electrons. The molecule has 1 aromatic carbocycles. The highest BCUT2D eigenvalue weighted by Crippen LogP contribution is 2.29. The Morgan fingerprint density at radius 3 is 3.00 bits per heavy atom. The van der Waals surface area contributed by atoms with E-state index in [1.807, 2.05) is 12.1 Å². The van der Waals surface area contributed by atoms with E-state index in [1.165, 1.54) is 9.71 Å². The van der Waals surface area contributed by atoms with Crippen LogP contribution in [0.4, 0.5) is 0 Å². The van der Waals surface area contributed by atoms with Crippen molar-refractivity contribution < 1.29 is 4.79 Å². The van der Waals surface area contributed by atoms with Crippen molar-refractivity contribution in [1.82, 2.24) is 4.98 Å². The van der Waals surface area contributed by atoms with E-state index in [2.05, 4.69) is 17.1 Å². The number of carbonyl (C=O) groups excluding carboxylic acids is 1. The summed E-state index contributed by atoms with van der Waals surface area (Å²) in [4.78, 5) is 15.8. The van der Waals surface area contributed by atoms with Gasteiger partial charge in [0.25, 0.3) is 0 Å².